The van der Waals surface area contributed by atoms with Gasteiger partial charge in [0.05, 0.1) is 32.7 Å². The van der Waals surface area contributed by atoms with Crippen LogP contribution in [0.25, 0.3) is 0 Å². The normalized spacial score (nSPS) is 11.5. The number of carboxylic acid groups (broad SMARTS) is 1. The van der Waals surface area contributed by atoms with Gasteiger partial charge in [0.2, 0.25) is 5.75 Å². The third-order valence-electron chi connectivity index (χ3n) is 15.6. The monoisotopic (exact) mass is 1070 g/mol. The molecule has 0 spiro atoms. The Morgan fingerprint density at radius 3 is 0.908 bits per heavy atom. The highest BCUT2D eigenvalue weighted by Gasteiger charge is 2.18. The number of unbranched alkanes of at least 4 members (excludes halogenated alkanes) is 45. The van der Waals surface area contributed by atoms with Gasteiger partial charge in [-0.3, -0.25) is 14.5 Å². The molecular formula is C68H127NO7. The molecule has 0 unspecified atom stereocenters. The summed E-state index contributed by atoms with van der Waals surface area (Å²) in [5, 5.41) is 8.96. The second kappa shape index (κ2) is 57.2. The van der Waals surface area contributed by atoms with Gasteiger partial charge in [0.1, 0.15) is 6.61 Å². The minimum atomic E-state index is -0.993. The first-order valence-electron chi connectivity index (χ1n) is 33.5. The van der Waals surface area contributed by atoms with E-state index in [0.717, 1.165) is 42.1 Å². The minimum Gasteiger partial charge on any atom is -0.490 e. The molecule has 0 bridgehead atoms. The van der Waals surface area contributed by atoms with Gasteiger partial charge in [0, 0.05) is 13.1 Å². The molecule has 1 N–H and O–H groups in total. The fourth-order valence-corrected chi connectivity index (χ4v) is 10.6. The number of likely N-dealkylation sites (N-methyl/N-ethyl adjacent to an activating group) is 1. The van der Waals surface area contributed by atoms with Crippen molar-refractivity contribution >= 4 is 11.9 Å². The summed E-state index contributed by atoms with van der Waals surface area (Å²) >= 11 is 0. The van der Waals surface area contributed by atoms with Crippen LogP contribution in [0, 0.1) is 0 Å². The average molecular weight is 1070 g/mol. The molecule has 8 heteroatoms. The van der Waals surface area contributed by atoms with Gasteiger partial charge < -0.3 is 24.1 Å². The van der Waals surface area contributed by atoms with E-state index in [1.807, 2.05) is 7.05 Å². The molecule has 76 heavy (non-hydrogen) atoms. The van der Waals surface area contributed by atoms with E-state index in [-0.39, 0.29) is 19.4 Å². The first-order chi connectivity index (χ1) is 37.4. The number of carbonyl (C=O) groups is 2. The van der Waals surface area contributed by atoms with Crippen molar-refractivity contribution < 1.29 is 33.6 Å². The SMILES string of the molecule is CCCCCCCCCCCCCCCCCCOc1cc(CN(C)CCOC(=O)CCC(=O)O)cc(OCCCCCCCCCCCCCCCCCC)c1OCCCCCCCCCCCCCCCCCC. The van der Waals surface area contributed by atoms with Crippen molar-refractivity contribution in [3.05, 3.63) is 17.7 Å². The van der Waals surface area contributed by atoms with Gasteiger partial charge in [-0.05, 0) is 44.0 Å². The third-order valence-corrected chi connectivity index (χ3v) is 15.6. The number of hydrogen-bond donors (Lipinski definition) is 1. The molecule has 0 saturated heterocycles. The number of aliphatic carboxylic acids is 1. The summed E-state index contributed by atoms with van der Waals surface area (Å²) in [6.07, 6.45) is 64.1. The molecule has 0 aliphatic heterocycles. The zero-order chi connectivity index (χ0) is 54.9. The lowest BCUT2D eigenvalue weighted by Crippen LogP contribution is -2.24. The van der Waals surface area contributed by atoms with Crippen LogP contribution in [-0.2, 0) is 20.9 Å². The maximum Gasteiger partial charge on any atom is 0.306 e. The Labute approximate surface area is 471 Å². The molecule has 1 rings (SSSR count). The molecule has 0 radical (unpaired) electrons. The summed E-state index contributed by atoms with van der Waals surface area (Å²) in [7, 11) is 2.01. The van der Waals surface area contributed by atoms with Crippen LogP contribution in [0.5, 0.6) is 17.2 Å². The number of rotatable bonds is 62. The van der Waals surface area contributed by atoms with E-state index in [9.17, 15) is 9.59 Å². The first-order valence-corrected chi connectivity index (χ1v) is 33.5. The van der Waals surface area contributed by atoms with E-state index in [2.05, 4.69) is 37.8 Å². The van der Waals surface area contributed by atoms with Crippen LogP contribution in [0.2, 0.25) is 0 Å². The van der Waals surface area contributed by atoms with E-state index >= 15 is 0 Å². The molecule has 0 saturated carbocycles. The molecule has 0 fully saturated rings. The van der Waals surface area contributed by atoms with Gasteiger partial charge in [0.25, 0.3) is 0 Å². The lowest BCUT2D eigenvalue weighted by Gasteiger charge is -2.21. The van der Waals surface area contributed by atoms with Crippen LogP contribution in [0.15, 0.2) is 12.1 Å². The first kappa shape index (κ1) is 71.5. The lowest BCUT2D eigenvalue weighted by molar-refractivity contribution is -0.148. The van der Waals surface area contributed by atoms with Gasteiger partial charge in [-0.25, -0.2) is 0 Å². The van der Waals surface area contributed by atoms with Crippen LogP contribution >= 0.6 is 0 Å². The topological polar surface area (TPSA) is 94.5 Å². The minimum absolute atomic E-state index is 0.111. The fraction of sp³-hybridized carbons (Fsp3) is 0.882. The Kier molecular flexibility index (Phi) is 53.9. The summed E-state index contributed by atoms with van der Waals surface area (Å²) in [5.41, 5.74) is 1.07. The van der Waals surface area contributed by atoms with Crippen LogP contribution in [0.4, 0.5) is 0 Å². The molecular weight excluding hydrogens is 943 g/mol. The van der Waals surface area contributed by atoms with E-state index in [0.29, 0.717) is 32.9 Å². The molecule has 0 amide bonds. The van der Waals surface area contributed by atoms with E-state index < -0.39 is 11.9 Å². The van der Waals surface area contributed by atoms with Gasteiger partial charge in [-0.2, -0.15) is 0 Å². The summed E-state index contributed by atoms with van der Waals surface area (Å²) < 4.78 is 25.4. The maximum atomic E-state index is 12.1. The zero-order valence-electron chi connectivity index (χ0n) is 51.1. The zero-order valence-corrected chi connectivity index (χ0v) is 51.1. The van der Waals surface area contributed by atoms with Gasteiger partial charge in [-0.1, -0.05) is 310 Å². The summed E-state index contributed by atoms with van der Waals surface area (Å²) in [5.74, 6) is 0.812. The molecule has 1 aromatic rings. The Balaban J connectivity index is 2.78. The summed E-state index contributed by atoms with van der Waals surface area (Å²) in [4.78, 5) is 25.2. The number of carboxylic acids is 1. The molecule has 0 aliphatic rings. The van der Waals surface area contributed by atoms with Crippen molar-refractivity contribution in [3.8, 4) is 17.2 Å². The van der Waals surface area contributed by atoms with Crippen LogP contribution in [-0.4, -0.2) is 62.0 Å². The Morgan fingerprint density at radius 1 is 0.368 bits per heavy atom. The molecule has 0 atom stereocenters. The predicted octanol–water partition coefficient (Wildman–Crippen LogP) is 21.4. The highest BCUT2D eigenvalue weighted by atomic mass is 16.5. The number of carbonyl (C=O) groups excluding carboxylic acids is 1. The van der Waals surface area contributed by atoms with Gasteiger partial charge in [-0.15, -0.1) is 0 Å². The second-order valence-electron chi connectivity index (χ2n) is 23.2. The summed E-state index contributed by atoms with van der Waals surface area (Å²) in [6, 6.07) is 4.26. The van der Waals surface area contributed by atoms with Crippen molar-refractivity contribution in [3.63, 3.8) is 0 Å². The van der Waals surface area contributed by atoms with E-state index in [1.54, 1.807) is 0 Å². The molecule has 0 aliphatic carbocycles. The third kappa shape index (κ3) is 48.6. The largest absolute Gasteiger partial charge is 0.490 e. The van der Waals surface area contributed by atoms with Crippen molar-refractivity contribution in [2.45, 2.75) is 348 Å². The molecule has 0 heterocycles. The van der Waals surface area contributed by atoms with Crippen molar-refractivity contribution in [2.24, 2.45) is 0 Å². The number of nitrogens with zero attached hydrogens (tertiary/aromatic N) is 1. The average Bonchev–Trinajstić information content (AvgIpc) is 3.41. The number of hydrogen-bond acceptors (Lipinski definition) is 7. The molecule has 8 nitrogen and oxygen atoms in total. The van der Waals surface area contributed by atoms with E-state index in [1.165, 1.54) is 289 Å². The Hall–Kier alpha value is -2.48. The summed E-state index contributed by atoms with van der Waals surface area (Å²) in [6.45, 7) is 10.2. The standard InChI is InChI=1S/C68H127NO7/c1-5-8-11-14-17-20-23-26-29-32-35-38-41-44-47-50-56-73-64-60-63(62-69(4)55-59-75-67(72)54-53-66(70)71)61-65(74-57-51-48-45-42-39-36-33-30-27-24-21-18-15-12-9-6-2)68(64)76-58-52-49-46-43-40-37-34-31-28-25-22-19-16-13-10-7-3/h60-61H,5-59,62H2,1-4H3,(H,70,71). The molecule has 0 aromatic heterocycles. The second-order valence-corrected chi connectivity index (χ2v) is 23.2. The molecule has 446 valence electrons. The van der Waals surface area contributed by atoms with Crippen molar-refractivity contribution in [2.75, 3.05) is 40.0 Å². The van der Waals surface area contributed by atoms with Crippen LogP contribution in [0.1, 0.15) is 347 Å². The van der Waals surface area contributed by atoms with E-state index in [4.69, 9.17) is 24.1 Å². The predicted molar refractivity (Wildman–Crippen MR) is 326 cm³/mol. The highest BCUT2D eigenvalue weighted by Crippen LogP contribution is 2.40. The van der Waals surface area contributed by atoms with Gasteiger partial charge in [0.15, 0.2) is 11.5 Å². The van der Waals surface area contributed by atoms with Crippen LogP contribution < -0.4 is 14.2 Å². The highest BCUT2D eigenvalue weighted by molar-refractivity contribution is 5.76. The Morgan fingerprint density at radius 2 is 0.632 bits per heavy atom. The van der Waals surface area contributed by atoms with Gasteiger partial charge >= 0.3 is 11.9 Å². The van der Waals surface area contributed by atoms with Crippen molar-refractivity contribution in [1.82, 2.24) is 4.90 Å². The number of ether oxygens (including phenoxy) is 4. The lowest BCUT2D eigenvalue weighted by atomic mass is 10.0. The number of benzene rings is 1. The van der Waals surface area contributed by atoms with Crippen molar-refractivity contribution in [1.29, 1.82) is 0 Å². The number of esters is 1. The molecule has 1 aromatic carbocycles. The smallest absolute Gasteiger partial charge is 0.306 e. The quantitative estimate of drug-likeness (QED) is 0.0509. The van der Waals surface area contributed by atoms with Crippen LogP contribution in [0.3, 0.4) is 0 Å². The Bertz CT molecular complexity index is 1330. The fourth-order valence-electron chi connectivity index (χ4n) is 10.6. The maximum absolute atomic E-state index is 12.1.